The molecule has 18 heavy (non-hydrogen) atoms. The summed E-state index contributed by atoms with van der Waals surface area (Å²) in [6.07, 6.45) is 0. The summed E-state index contributed by atoms with van der Waals surface area (Å²) in [7, 11) is 0. The van der Waals surface area contributed by atoms with E-state index in [0.717, 1.165) is 20.9 Å². The third kappa shape index (κ3) is 2.46. The highest BCUT2D eigenvalue weighted by molar-refractivity contribution is 9.10. The molecular formula is C13H12BrNO3. The van der Waals surface area contributed by atoms with Gasteiger partial charge >= 0.3 is 5.97 Å². The minimum atomic E-state index is -0.505. The van der Waals surface area contributed by atoms with Crippen molar-refractivity contribution in [1.29, 1.82) is 0 Å². The Balaban J connectivity index is 2.36. The number of ether oxygens (including phenoxy) is 1. The maximum absolute atomic E-state index is 11.8. The van der Waals surface area contributed by atoms with E-state index in [2.05, 4.69) is 20.9 Å². The average Bonchev–Trinajstić information content (AvgIpc) is 2.64. The summed E-state index contributed by atoms with van der Waals surface area (Å²) in [6.45, 7) is 3.02. The molecule has 0 atom stereocenters. The number of aromatic nitrogens is 1. The minimum Gasteiger partial charge on any atom is -0.453 e. The molecule has 1 aromatic heterocycles. The van der Waals surface area contributed by atoms with Gasteiger partial charge in [0.1, 0.15) is 12.3 Å². The van der Waals surface area contributed by atoms with E-state index < -0.39 is 5.97 Å². The normalized spacial score (nSPS) is 10.6. The Morgan fingerprint density at radius 3 is 2.78 bits per heavy atom. The molecule has 0 unspecified atom stereocenters. The van der Waals surface area contributed by atoms with Crippen molar-refractivity contribution in [2.75, 3.05) is 6.61 Å². The predicted molar refractivity (Wildman–Crippen MR) is 71.7 cm³/mol. The molecule has 0 aliphatic carbocycles. The number of aryl methyl sites for hydroxylation is 1. The van der Waals surface area contributed by atoms with Gasteiger partial charge in [-0.25, -0.2) is 4.79 Å². The number of esters is 1. The van der Waals surface area contributed by atoms with Gasteiger partial charge in [0.25, 0.3) is 0 Å². The minimum absolute atomic E-state index is 0.181. The van der Waals surface area contributed by atoms with Crippen LogP contribution in [-0.2, 0) is 9.53 Å². The Labute approximate surface area is 112 Å². The van der Waals surface area contributed by atoms with Gasteiger partial charge in [0.2, 0.25) is 0 Å². The number of carbonyl (C=O) groups is 2. The number of halogens is 1. The SMILES string of the molecule is CC(=O)COC(=O)c1[nH]c2ccc(Br)cc2c1C. The second-order valence-corrected chi connectivity index (χ2v) is 5.01. The first-order valence-electron chi connectivity index (χ1n) is 5.43. The summed E-state index contributed by atoms with van der Waals surface area (Å²) >= 11 is 3.39. The number of benzene rings is 1. The van der Waals surface area contributed by atoms with E-state index in [1.165, 1.54) is 6.92 Å². The number of nitrogens with one attached hydrogen (secondary N) is 1. The van der Waals surface area contributed by atoms with E-state index in [1.807, 2.05) is 25.1 Å². The lowest BCUT2D eigenvalue weighted by Gasteiger charge is -2.01. The van der Waals surface area contributed by atoms with Crippen LogP contribution >= 0.6 is 15.9 Å². The van der Waals surface area contributed by atoms with Gasteiger partial charge in [0, 0.05) is 15.4 Å². The summed E-state index contributed by atoms with van der Waals surface area (Å²) in [4.78, 5) is 25.6. The summed E-state index contributed by atoms with van der Waals surface area (Å²) in [6, 6.07) is 5.71. The van der Waals surface area contributed by atoms with E-state index in [9.17, 15) is 9.59 Å². The van der Waals surface area contributed by atoms with E-state index in [4.69, 9.17) is 4.74 Å². The standard InChI is InChI=1S/C13H12BrNO3/c1-7(16)6-18-13(17)12-8(2)10-5-9(14)3-4-11(10)15-12/h3-5,15H,6H2,1-2H3. The number of Topliss-reactive ketones (excluding diaryl/α,β-unsaturated/α-hetero) is 1. The maximum atomic E-state index is 11.8. The van der Waals surface area contributed by atoms with Crippen molar-refractivity contribution in [2.45, 2.75) is 13.8 Å². The highest BCUT2D eigenvalue weighted by Gasteiger charge is 2.16. The topological polar surface area (TPSA) is 59.2 Å². The van der Waals surface area contributed by atoms with Crippen molar-refractivity contribution in [1.82, 2.24) is 4.98 Å². The number of rotatable bonds is 3. The molecule has 1 N–H and O–H groups in total. The molecule has 0 fully saturated rings. The zero-order valence-corrected chi connectivity index (χ0v) is 11.6. The Kier molecular flexibility index (Phi) is 3.52. The molecule has 0 saturated carbocycles. The summed E-state index contributed by atoms with van der Waals surface area (Å²) in [5.41, 5.74) is 2.08. The molecule has 0 aliphatic rings. The second kappa shape index (κ2) is 4.94. The molecule has 0 aliphatic heterocycles. The van der Waals surface area contributed by atoms with Gasteiger partial charge in [-0.05, 0) is 37.6 Å². The predicted octanol–water partition coefficient (Wildman–Crippen LogP) is 2.98. The molecule has 1 aromatic carbocycles. The van der Waals surface area contributed by atoms with Crippen molar-refractivity contribution in [3.8, 4) is 0 Å². The molecule has 0 amide bonds. The van der Waals surface area contributed by atoms with Gasteiger partial charge in [-0.1, -0.05) is 15.9 Å². The van der Waals surface area contributed by atoms with Crippen LogP contribution < -0.4 is 0 Å². The zero-order chi connectivity index (χ0) is 13.3. The van der Waals surface area contributed by atoms with Crippen molar-refractivity contribution in [3.05, 3.63) is 33.9 Å². The van der Waals surface area contributed by atoms with Crippen LogP contribution in [0.5, 0.6) is 0 Å². The van der Waals surface area contributed by atoms with E-state index in [-0.39, 0.29) is 12.4 Å². The second-order valence-electron chi connectivity index (χ2n) is 4.09. The lowest BCUT2D eigenvalue weighted by atomic mass is 10.1. The van der Waals surface area contributed by atoms with E-state index in [0.29, 0.717) is 5.69 Å². The van der Waals surface area contributed by atoms with Crippen LogP contribution in [0.25, 0.3) is 10.9 Å². The number of ketones is 1. The van der Waals surface area contributed by atoms with E-state index in [1.54, 1.807) is 0 Å². The molecule has 0 radical (unpaired) electrons. The van der Waals surface area contributed by atoms with Crippen LogP contribution in [0.4, 0.5) is 0 Å². The molecule has 1 heterocycles. The van der Waals surface area contributed by atoms with Crippen molar-refractivity contribution >= 4 is 38.6 Å². The zero-order valence-electron chi connectivity index (χ0n) is 10.0. The average molecular weight is 310 g/mol. The van der Waals surface area contributed by atoms with Crippen LogP contribution in [0.1, 0.15) is 23.0 Å². The number of hydrogen-bond donors (Lipinski definition) is 1. The van der Waals surface area contributed by atoms with E-state index >= 15 is 0 Å². The number of carbonyl (C=O) groups excluding carboxylic acids is 2. The van der Waals surface area contributed by atoms with Crippen molar-refractivity contribution in [3.63, 3.8) is 0 Å². The van der Waals surface area contributed by atoms with Gasteiger partial charge in [-0.15, -0.1) is 0 Å². The first-order chi connectivity index (χ1) is 8.49. The molecule has 4 nitrogen and oxygen atoms in total. The molecule has 0 bridgehead atoms. The summed E-state index contributed by atoms with van der Waals surface area (Å²) in [5.74, 6) is -0.685. The Morgan fingerprint density at radius 2 is 2.11 bits per heavy atom. The first-order valence-corrected chi connectivity index (χ1v) is 6.22. The maximum Gasteiger partial charge on any atom is 0.355 e. The van der Waals surface area contributed by atoms with Crippen LogP contribution in [0.15, 0.2) is 22.7 Å². The molecular weight excluding hydrogens is 298 g/mol. The molecule has 5 heteroatoms. The lowest BCUT2D eigenvalue weighted by molar-refractivity contribution is -0.120. The van der Waals surface area contributed by atoms with Gasteiger partial charge in [-0.2, -0.15) is 0 Å². The Bertz CT molecular complexity index is 630. The van der Waals surface area contributed by atoms with Gasteiger partial charge in [0.05, 0.1) is 0 Å². The highest BCUT2D eigenvalue weighted by Crippen LogP contribution is 2.25. The molecule has 2 aromatic rings. The van der Waals surface area contributed by atoms with Crippen molar-refractivity contribution < 1.29 is 14.3 Å². The monoisotopic (exact) mass is 309 g/mol. The fourth-order valence-electron chi connectivity index (χ4n) is 1.74. The smallest absolute Gasteiger partial charge is 0.355 e. The Morgan fingerprint density at radius 1 is 1.39 bits per heavy atom. The van der Waals surface area contributed by atoms with Crippen LogP contribution in [0.2, 0.25) is 0 Å². The Hall–Kier alpha value is -1.62. The van der Waals surface area contributed by atoms with Crippen LogP contribution in [0.3, 0.4) is 0 Å². The van der Waals surface area contributed by atoms with Gasteiger partial charge in [-0.3, -0.25) is 4.79 Å². The lowest BCUT2D eigenvalue weighted by Crippen LogP contribution is -2.12. The fourth-order valence-corrected chi connectivity index (χ4v) is 2.10. The third-order valence-electron chi connectivity index (χ3n) is 2.63. The molecule has 0 spiro atoms. The number of hydrogen-bond acceptors (Lipinski definition) is 3. The number of aromatic amines is 1. The van der Waals surface area contributed by atoms with Gasteiger partial charge < -0.3 is 9.72 Å². The first kappa shape index (κ1) is 12.8. The third-order valence-corrected chi connectivity index (χ3v) is 3.12. The van der Waals surface area contributed by atoms with Crippen LogP contribution in [-0.4, -0.2) is 23.3 Å². The highest BCUT2D eigenvalue weighted by atomic mass is 79.9. The number of H-pyrrole nitrogens is 1. The summed E-state index contributed by atoms with van der Waals surface area (Å²) < 4.78 is 5.84. The molecule has 0 saturated heterocycles. The van der Waals surface area contributed by atoms with Crippen LogP contribution in [0, 0.1) is 6.92 Å². The quantitative estimate of drug-likeness (QED) is 0.887. The molecule has 2 rings (SSSR count). The number of fused-ring (bicyclic) bond motifs is 1. The fraction of sp³-hybridized carbons (Fsp3) is 0.231. The largest absolute Gasteiger partial charge is 0.453 e. The van der Waals surface area contributed by atoms with Crippen molar-refractivity contribution in [2.24, 2.45) is 0 Å². The molecule has 94 valence electrons. The van der Waals surface area contributed by atoms with Gasteiger partial charge in [0.15, 0.2) is 5.78 Å². The summed E-state index contributed by atoms with van der Waals surface area (Å²) in [5, 5.41) is 0.958.